The number of halogens is 3. The van der Waals surface area contributed by atoms with Crippen LogP contribution in [0.15, 0.2) is 22.1 Å². The topological polar surface area (TPSA) is 112 Å². The van der Waals surface area contributed by atoms with E-state index in [0.29, 0.717) is 0 Å². The van der Waals surface area contributed by atoms with Crippen LogP contribution < -0.4 is 21.1 Å². The summed E-state index contributed by atoms with van der Waals surface area (Å²) in [4.78, 5) is 11.6. The van der Waals surface area contributed by atoms with Crippen molar-refractivity contribution in [3.63, 3.8) is 0 Å². The fraction of sp³-hybridized carbons (Fsp3) is 0.333. The van der Waals surface area contributed by atoms with Gasteiger partial charge in [-0.1, -0.05) is 0 Å². The van der Waals surface area contributed by atoms with Crippen LogP contribution in [0.5, 0.6) is 5.75 Å². The lowest BCUT2D eigenvalue weighted by molar-refractivity contribution is -0.275. The zero-order chi connectivity index (χ0) is 19.0. The van der Waals surface area contributed by atoms with Gasteiger partial charge in [0.25, 0.3) is 5.91 Å². The molecule has 0 atom stereocenters. The molecule has 0 saturated heterocycles. The minimum Gasteiger partial charge on any atom is -0.404 e. The number of rotatable bonds is 3. The standard InChI is InChI=1S/C12H14F3N5O4S/c1-6-7(10(21)16-11-17-18-19-20(11)2)4-5-8(24-12(13,14)15)9(6)25(3,22)23/h4-5,18-19H,1-3H3,(H,16,17,21). The monoisotopic (exact) mass is 381 g/mol. The molecule has 1 aliphatic heterocycles. The summed E-state index contributed by atoms with van der Waals surface area (Å²) in [6, 6.07) is 1.82. The van der Waals surface area contributed by atoms with Gasteiger partial charge in [-0.2, -0.15) is 0 Å². The van der Waals surface area contributed by atoms with Crippen molar-refractivity contribution in [2.75, 3.05) is 13.3 Å². The number of amides is 1. The maximum absolute atomic E-state index is 12.5. The number of hydrazone groups is 1. The van der Waals surface area contributed by atoms with Crippen molar-refractivity contribution in [3.05, 3.63) is 23.3 Å². The van der Waals surface area contributed by atoms with Crippen LogP contribution in [0.3, 0.4) is 0 Å². The summed E-state index contributed by atoms with van der Waals surface area (Å²) >= 11 is 0. The largest absolute Gasteiger partial charge is 0.573 e. The first-order valence-corrected chi connectivity index (χ1v) is 8.52. The van der Waals surface area contributed by atoms with Crippen LogP contribution >= 0.6 is 0 Å². The first kappa shape index (κ1) is 18.8. The van der Waals surface area contributed by atoms with Crippen molar-refractivity contribution in [1.82, 2.24) is 21.4 Å². The minimum absolute atomic E-state index is 0.0842. The Balaban J connectivity index is 2.46. The van der Waals surface area contributed by atoms with Crippen molar-refractivity contribution in [2.45, 2.75) is 18.2 Å². The van der Waals surface area contributed by atoms with Gasteiger partial charge in [0.2, 0.25) is 5.96 Å². The van der Waals surface area contributed by atoms with Gasteiger partial charge in [-0.05, 0) is 24.6 Å². The zero-order valence-electron chi connectivity index (χ0n) is 13.2. The van der Waals surface area contributed by atoms with Crippen LogP contribution in [0.4, 0.5) is 13.2 Å². The summed E-state index contributed by atoms with van der Waals surface area (Å²) in [5.41, 5.74) is 4.59. The Morgan fingerprint density at radius 3 is 2.48 bits per heavy atom. The average Bonchev–Trinajstić information content (AvgIpc) is 2.80. The highest BCUT2D eigenvalue weighted by Gasteiger charge is 2.35. The number of nitrogens with one attached hydrogen (secondary N) is 3. The van der Waals surface area contributed by atoms with Crippen molar-refractivity contribution in [1.29, 1.82) is 0 Å². The summed E-state index contributed by atoms with van der Waals surface area (Å²) in [5, 5.41) is 7.42. The van der Waals surface area contributed by atoms with Gasteiger partial charge < -0.3 is 4.74 Å². The Hall–Kier alpha value is -2.54. The molecule has 25 heavy (non-hydrogen) atoms. The fourth-order valence-corrected chi connectivity index (χ4v) is 3.28. The highest BCUT2D eigenvalue weighted by molar-refractivity contribution is 7.90. The first-order chi connectivity index (χ1) is 11.4. The van der Waals surface area contributed by atoms with Crippen molar-refractivity contribution >= 4 is 21.7 Å². The molecule has 1 amide bonds. The van der Waals surface area contributed by atoms with Crippen molar-refractivity contribution in [3.8, 4) is 5.75 Å². The van der Waals surface area contributed by atoms with Gasteiger partial charge in [-0.15, -0.1) is 23.8 Å². The van der Waals surface area contributed by atoms with Crippen molar-refractivity contribution in [2.24, 2.45) is 5.10 Å². The third-order valence-electron chi connectivity index (χ3n) is 3.13. The molecule has 138 valence electrons. The number of benzene rings is 1. The van der Waals surface area contributed by atoms with Gasteiger partial charge in [-0.25, -0.2) is 14.0 Å². The van der Waals surface area contributed by atoms with Gasteiger partial charge in [0.05, 0.1) is 0 Å². The predicted octanol–water partition coefficient (Wildman–Crippen LogP) is 0.253. The number of carbonyl (C=O) groups excluding carboxylic acids is 1. The number of hydrogen-bond donors (Lipinski definition) is 3. The lowest BCUT2D eigenvalue weighted by atomic mass is 10.1. The second-order valence-corrected chi connectivity index (χ2v) is 7.01. The molecule has 0 aliphatic carbocycles. The van der Waals surface area contributed by atoms with Crippen LogP contribution in [0.25, 0.3) is 0 Å². The Kier molecular flexibility index (Phi) is 4.81. The van der Waals surface area contributed by atoms with E-state index < -0.39 is 32.8 Å². The van der Waals surface area contributed by atoms with Gasteiger partial charge in [0.15, 0.2) is 9.84 Å². The number of nitrogens with zero attached hydrogens (tertiary/aromatic N) is 2. The molecule has 1 aliphatic rings. The van der Waals surface area contributed by atoms with Crippen LogP contribution in [0.1, 0.15) is 15.9 Å². The third kappa shape index (κ3) is 4.30. The van der Waals surface area contributed by atoms with E-state index in [1.165, 1.54) is 19.0 Å². The number of carbonyl (C=O) groups is 1. The third-order valence-corrected chi connectivity index (χ3v) is 4.38. The Morgan fingerprint density at radius 1 is 1.36 bits per heavy atom. The quantitative estimate of drug-likeness (QED) is 0.688. The zero-order valence-corrected chi connectivity index (χ0v) is 14.0. The van der Waals surface area contributed by atoms with E-state index in [2.05, 4.69) is 26.2 Å². The maximum atomic E-state index is 12.5. The van der Waals surface area contributed by atoms with E-state index >= 15 is 0 Å². The Bertz CT molecular complexity index is 838. The summed E-state index contributed by atoms with van der Waals surface area (Å²) < 4.78 is 65.0. The van der Waals surface area contributed by atoms with E-state index in [1.807, 2.05) is 0 Å². The molecule has 1 aromatic rings. The molecule has 0 spiro atoms. The van der Waals surface area contributed by atoms with Gasteiger partial charge in [0.1, 0.15) is 10.6 Å². The van der Waals surface area contributed by atoms with Crippen LogP contribution in [-0.2, 0) is 9.84 Å². The summed E-state index contributed by atoms with van der Waals surface area (Å²) in [5.74, 6) is -1.57. The highest BCUT2D eigenvalue weighted by Crippen LogP contribution is 2.33. The second kappa shape index (κ2) is 6.40. The maximum Gasteiger partial charge on any atom is 0.573 e. The highest BCUT2D eigenvalue weighted by atomic mass is 32.2. The number of hydrazine groups is 2. The minimum atomic E-state index is -5.08. The smallest absolute Gasteiger partial charge is 0.404 e. The fourth-order valence-electron chi connectivity index (χ4n) is 2.14. The van der Waals surface area contributed by atoms with Gasteiger partial charge in [-0.3, -0.25) is 15.1 Å². The molecule has 1 heterocycles. The molecule has 1 aromatic carbocycles. The van der Waals surface area contributed by atoms with Crippen LogP contribution in [-0.4, -0.2) is 45.0 Å². The molecule has 9 nitrogen and oxygen atoms in total. The van der Waals surface area contributed by atoms with E-state index in [0.717, 1.165) is 18.4 Å². The van der Waals surface area contributed by atoms with E-state index in [9.17, 15) is 26.4 Å². The lowest BCUT2D eigenvalue weighted by Gasteiger charge is -2.17. The molecule has 2 rings (SSSR count). The normalized spacial score (nSPS) is 14.8. The molecular weight excluding hydrogens is 367 g/mol. The number of sulfone groups is 1. The molecular formula is C12H14F3N5O4S. The van der Waals surface area contributed by atoms with E-state index in [4.69, 9.17) is 0 Å². The molecule has 13 heteroatoms. The van der Waals surface area contributed by atoms with Crippen molar-refractivity contribution < 1.29 is 31.1 Å². The van der Waals surface area contributed by atoms with E-state index in [-0.39, 0.29) is 17.1 Å². The first-order valence-electron chi connectivity index (χ1n) is 6.63. The molecule has 0 aromatic heterocycles. The predicted molar refractivity (Wildman–Crippen MR) is 79.9 cm³/mol. The number of hydrogen-bond acceptors (Lipinski definition) is 8. The van der Waals surface area contributed by atoms with Crippen LogP contribution in [0.2, 0.25) is 0 Å². The second-order valence-electron chi connectivity index (χ2n) is 5.06. The van der Waals surface area contributed by atoms with Gasteiger partial charge in [0, 0.05) is 18.9 Å². The summed E-state index contributed by atoms with van der Waals surface area (Å²) in [7, 11) is -2.57. The lowest BCUT2D eigenvalue weighted by Crippen LogP contribution is -2.45. The Morgan fingerprint density at radius 2 is 2.00 bits per heavy atom. The molecule has 0 fully saturated rings. The average molecular weight is 381 g/mol. The molecule has 3 N–H and O–H groups in total. The van der Waals surface area contributed by atoms with E-state index in [1.54, 1.807) is 0 Å². The number of ether oxygens (including phenoxy) is 1. The molecule has 0 bridgehead atoms. The molecule has 0 radical (unpaired) electrons. The molecule has 0 saturated carbocycles. The Labute approximate surface area is 140 Å². The molecule has 0 unspecified atom stereocenters. The van der Waals surface area contributed by atoms with Crippen LogP contribution in [0, 0.1) is 6.92 Å². The number of alkyl halides is 3. The van der Waals surface area contributed by atoms with Gasteiger partial charge >= 0.3 is 6.36 Å². The summed E-state index contributed by atoms with van der Waals surface area (Å²) in [6.45, 7) is 1.21. The summed E-state index contributed by atoms with van der Waals surface area (Å²) in [6.07, 6.45) is -4.35. The number of guanidine groups is 1. The SMILES string of the molecule is Cc1c(C(=O)NC2=NNNN2C)ccc(OC(F)(F)F)c1S(C)(=O)=O.